The third-order valence-corrected chi connectivity index (χ3v) is 3.37. The van der Waals surface area contributed by atoms with Crippen LogP contribution in [0.15, 0.2) is 73.1 Å². The molecule has 3 rings (SSSR count). The molecule has 122 valence electrons. The minimum Gasteiger partial charge on any atom is -0.497 e. The lowest BCUT2D eigenvalue weighted by atomic mass is 10.2. The average Bonchev–Trinajstić information content (AvgIpc) is 2.68. The lowest BCUT2D eigenvalue weighted by molar-refractivity contribution is 0.0734. The van der Waals surface area contributed by atoms with Crippen LogP contribution in [0.1, 0.15) is 21.5 Å². The summed E-state index contributed by atoms with van der Waals surface area (Å²) in [4.78, 5) is 16.3. The van der Waals surface area contributed by atoms with Gasteiger partial charge in [-0.1, -0.05) is 30.0 Å². The summed E-state index contributed by atoms with van der Waals surface area (Å²) in [7, 11) is 1.58. The fraction of sp³-hybridized carbons (Fsp3) is 0.0476. The van der Waals surface area contributed by atoms with Gasteiger partial charge in [-0.05, 0) is 42.5 Å². The first kappa shape index (κ1) is 16.3. The average molecular weight is 329 g/mol. The molecule has 1 aromatic heterocycles. The molecule has 25 heavy (non-hydrogen) atoms. The molecule has 0 saturated carbocycles. The normalized spacial score (nSPS) is 9.64. The summed E-state index contributed by atoms with van der Waals surface area (Å²) in [6.07, 6.45) is 3.07. The van der Waals surface area contributed by atoms with E-state index < -0.39 is 5.97 Å². The summed E-state index contributed by atoms with van der Waals surface area (Å²) in [5.41, 5.74) is 1.89. The van der Waals surface area contributed by atoms with Crippen molar-refractivity contribution in [3.05, 3.63) is 89.7 Å². The van der Waals surface area contributed by atoms with Gasteiger partial charge in [0.15, 0.2) is 0 Å². The Morgan fingerprint density at radius 3 is 2.28 bits per heavy atom. The monoisotopic (exact) mass is 329 g/mol. The zero-order valence-corrected chi connectivity index (χ0v) is 13.6. The van der Waals surface area contributed by atoms with Gasteiger partial charge in [0, 0.05) is 23.5 Å². The van der Waals surface area contributed by atoms with Gasteiger partial charge in [-0.15, -0.1) is 0 Å². The molecule has 0 aliphatic rings. The van der Waals surface area contributed by atoms with Gasteiger partial charge >= 0.3 is 5.97 Å². The number of hydrogen-bond donors (Lipinski definition) is 0. The van der Waals surface area contributed by atoms with Gasteiger partial charge in [0.1, 0.15) is 11.5 Å². The third-order valence-electron chi connectivity index (χ3n) is 3.37. The van der Waals surface area contributed by atoms with E-state index in [1.54, 1.807) is 43.6 Å². The standard InChI is InChI=1S/C21H15NO3/c1-24-19-9-11-20(12-10-19)25-21(23)18-13-17(14-22-15-18)8-7-16-5-3-2-4-6-16/h2-6,9-15H,1H3. The number of rotatable bonds is 3. The SMILES string of the molecule is COc1ccc(OC(=O)c2cncc(C#Cc3ccccc3)c2)cc1. The van der Waals surface area contributed by atoms with E-state index in [-0.39, 0.29) is 0 Å². The fourth-order valence-electron chi connectivity index (χ4n) is 2.10. The number of nitrogens with zero attached hydrogens (tertiary/aromatic N) is 1. The first-order valence-electron chi connectivity index (χ1n) is 7.63. The molecule has 0 fully saturated rings. The Labute approximate surface area is 146 Å². The predicted octanol–water partition coefficient (Wildman–Crippen LogP) is 3.71. The van der Waals surface area contributed by atoms with E-state index in [1.165, 1.54) is 6.20 Å². The molecular formula is C21H15NO3. The maximum Gasteiger partial charge on any atom is 0.345 e. The molecule has 0 aliphatic heterocycles. The van der Waals surface area contributed by atoms with Crippen LogP contribution in [0.3, 0.4) is 0 Å². The predicted molar refractivity (Wildman–Crippen MR) is 94.6 cm³/mol. The van der Waals surface area contributed by atoms with Gasteiger partial charge in [-0.2, -0.15) is 0 Å². The lowest BCUT2D eigenvalue weighted by Crippen LogP contribution is -2.09. The van der Waals surface area contributed by atoms with Gasteiger partial charge in [0.2, 0.25) is 0 Å². The maximum atomic E-state index is 12.3. The highest BCUT2D eigenvalue weighted by molar-refractivity contribution is 5.91. The summed E-state index contributed by atoms with van der Waals surface area (Å²) in [6, 6.07) is 18.1. The molecule has 1 heterocycles. The number of hydrogen-bond acceptors (Lipinski definition) is 4. The molecule has 0 aliphatic carbocycles. The van der Waals surface area contributed by atoms with Crippen LogP contribution in [0.2, 0.25) is 0 Å². The van der Waals surface area contributed by atoms with Crippen molar-refractivity contribution in [1.29, 1.82) is 0 Å². The van der Waals surface area contributed by atoms with E-state index in [9.17, 15) is 4.79 Å². The molecular weight excluding hydrogens is 314 g/mol. The summed E-state index contributed by atoms with van der Waals surface area (Å²) in [6.45, 7) is 0. The van der Waals surface area contributed by atoms with E-state index in [4.69, 9.17) is 9.47 Å². The van der Waals surface area contributed by atoms with E-state index in [2.05, 4.69) is 16.8 Å². The minimum atomic E-state index is -0.485. The third kappa shape index (κ3) is 4.46. The second-order valence-corrected chi connectivity index (χ2v) is 5.14. The molecule has 2 aromatic carbocycles. The van der Waals surface area contributed by atoms with Crippen molar-refractivity contribution in [2.45, 2.75) is 0 Å². The first-order chi connectivity index (χ1) is 12.2. The highest BCUT2D eigenvalue weighted by atomic mass is 16.5. The summed E-state index contributed by atoms with van der Waals surface area (Å²) >= 11 is 0. The molecule has 0 amide bonds. The van der Waals surface area contributed by atoms with Gasteiger partial charge < -0.3 is 9.47 Å². The van der Waals surface area contributed by atoms with Crippen molar-refractivity contribution in [3.63, 3.8) is 0 Å². The molecule has 4 heteroatoms. The van der Waals surface area contributed by atoms with Crippen molar-refractivity contribution >= 4 is 5.97 Å². The van der Waals surface area contributed by atoms with Crippen LogP contribution in [0.5, 0.6) is 11.5 Å². The highest BCUT2D eigenvalue weighted by Crippen LogP contribution is 2.18. The second-order valence-electron chi connectivity index (χ2n) is 5.14. The van der Waals surface area contributed by atoms with Crippen molar-refractivity contribution in [2.75, 3.05) is 7.11 Å². The minimum absolute atomic E-state index is 0.343. The Hall–Kier alpha value is -3.58. The van der Waals surface area contributed by atoms with E-state index in [1.807, 2.05) is 30.3 Å². The highest BCUT2D eigenvalue weighted by Gasteiger charge is 2.09. The Morgan fingerprint density at radius 2 is 1.56 bits per heavy atom. The molecule has 0 unspecified atom stereocenters. The summed E-state index contributed by atoms with van der Waals surface area (Å²) < 4.78 is 10.4. The van der Waals surface area contributed by atoms with Crippen LogP contribution < -0.4 is 9.47 Å². The Morgan fingerprint density at radius 1 is 0.880 bits per heavy atom. The van der Waals surface area contributed by atoms with Gasteiger partial charge in [-0.25, -0.2) is 4.79 Å². The number of benzene rings is 2. The number of esters is 1. The van der Waals surface area contributed by atoms with Crippen LogP contribution in [0.4, 0.5) is 0 Å². The smallest absolute Gasteiger partial charge is 0.345 e. The Bertz CT molecular complexity index is 923. The van der Waals surface area contributed by atoms with Crippen LogP contribution >= 0.6 is 0 Å². The van der Waals surface area contributed by atoms with Crippen LogP contribution in [0.25, 0.3) is 0 Å². The molecule has 4 nitrogen and oxygen atoms in total. The zero-order chi connectivity index (χ0) is 17.5. The molecule has 0 bridgehead atoms. The Kier molecular flexibility index (Phi) is 5.08. The molecule has 0 spiro atoms. The maximum absolute atomic E-state index is 12.3. The van der Waals surface area contributed by atoms with Crippen LogP contribution in [0, 0.1) is 11.8 Å². The quantitative estimate of drug-likeness (QED) is 0.417. The van der Waals surface area contributed by atoms with Crippen molar-refractivity contribution in [2.24, 2.45) is 0 Å². The second kappa shape index (κ2) is 7.80. The Balaban J connectivity index is 1.74. The molecule has 3 aromatic rings. The van der Waals surface area contributed by atoms with E-state index in [0.29, 0.717) is 22.6 Å². The molecule has 0 atom stereocenters. The van der Waals surface area contributed by atoms with Gasteiger partial charge in [-0.3, -0.25) is 4.98 Å². The summed E-state index contributed by atoms with van der Waals surface area (Å²) in [5.74, 6) is 6.68. The topological polar surface area (TPSA) is 48.4 Å². The van der Waals surface area contributed by atoms with E-state index >= 15 is 0 Å². The molecule has 0 N–H and O–H groups in total. The van der Waals surface area contributed by atoms with Crippen LogP contribution in [-0.2, 0) is 0 Å². The van der Waals surface area contributed by atoms with Gasteiger partial charge in [0.25, 0.3) is 0 Å². The van der Waals surface area contributed by atoms with Gasteiger partial charge in [0.05, 0.1) is 12.7 Å². The van der Waals surface area contributed by atoms with Crippen molar-refractivity contribution < 1.29 is 14.3 Å². The number of aromatic nitrogens is 1. The number of carbonyl (C=O) groups is 1. The fourth-order valence-corrected chi connectivity index (χ4v) is 2.10. The number of ether oxygens (including phenoxy) is 2. The largest absolute Gasteiger partial charge is 0.497 e. The first-order valence-corrected chi connectivity index (χ1v) is 7.63. The molecule has 0 radical (unpaired) electrons. The number of carbonyl (C=O) groups excluding carboxylic acids is 1. The summed E-state index contributed by atoms with van der Waals surface area (Å²) in [5, 5.41) is 0. The lowest BCUT2D eigenvalue weighted by Gasteiger charge is -2.05. The van der Waals surface area contributed by atoms with Crippen molar-refractivity contribution in [1.82, 2.24) is 4.98 Å². The zero-order valence-electron chi connectivity index (χ0n) is 13.6. The van der Waals surface area contributed by atoms with E-state index in [0.717, 1.165) is 5.56 Å². The van der Waals surface area contributed by atoms with Crippen molar-refractivity contribution in [3.8, 4) is 23.3 Å². The molecule has 0 saturated heterocycles. The number of pyridine rings is 1. The number of methoxy groups -OCH3 is 1. The van der Waals surface area contributed by atoms with Crippen LogP contribution in [-0.4, -0.2) is 18.1 Å².